The summed E-state index contributed by atoms with van der Waals surface area (Å²) in [5.74, 6) is 1.26. The smallest absolute Gasteiger partial charge is 0.127 e. The first-order valence-electron chi connectivity index (χ1n) is 8.62. The van der Waals surface area contributed by atoms with E-state index in [1.807, 2.05) is 36.4 Å². The van der Waals surface area contributed by atoms with Gasteiger partial charge in [-0.1, -0.05) is 62.2 Å². The maximum Gasteiger partial charge on any atom is 0.127 e. The van der Waals surface area contributed by atoms with E-state index in [0.717, 1.165) is 35.4 Å². The zero-order valence-corrected chi connectivity index (χ0v) is 13.4. The third-order valence-electron chi connectivity index (χ3n) is 5.09. The third-order valence-corrected chi connectivity index (χ3v) is 5.09. The highest BCUT2D eigenvalue weighted by atomic mass is 19.1. The van der Waals surface area contributed by atoms with Gasteiger partial charge in [0.2, 0.25) is 0 Å². The van der Waals surface area contributed by atoms with Crippen LogP contribution in [-0.2, 0) is 0 Å². The molecule has 1 aliphatic carbocycles. The molecule has 0 saturated heterocycles. The van der Waals surface area contributed by atoms with Crippen LogP contribution in [0.2, 0.25) is 0 Å². The van der Waals surface area contributed by atoms with Crippen molar-refractivity contribution in [3.63, 3.8) is 0 Å². The molecule has 0 heterocycles. The standard InChI is InChI=1S/C21H25F/c1-2-6-16-9-11-18(12-10-16)20-14-13-19(15-21(20)22)17-7-4-3-5-8-17/h3-5,7-8,13-16,18H,2,6,9-12H2,1H3. The monoisotopic (exact) mass is 296 g/mol. The molecule has 0 N–H and O–H groups in total. The summed E-state index contributed by atoms with van der Waals surface area (Å²) in [5.41, 5.74) is 2.98. The molecule has 3 rings (SSSR count). The molecule has 0 radical (unpaired) electrons. The summed E-state index contributed by atoms with van der Waals surface area (Å²) in [4.78, 5) is 0. The fourth-order valence-corrected chi connectivity index (χ4v) is 3.84. The van der Waals surface area contributed by atoms with Crippen LogP contribution in [-0.4, -0.2) is 0 Å². The van der Waals surface area contributed by atoms with Crippen LogP contribution >= 0.6 is 0 Å². The summed E-state index contributed by atoms with van der Waals surface area (Å²) < 4.78 is 14.6. The van der Waals surface area contributed by atoms with Gasteiger partial charge in [0, 0.05) is 0 Å². The molecular formula is C21H25F. The van der Waals surface area contributed by atoms with Gasteiger partial charge in [-0.2, -0.15) is 0 Å². The van der Waals surface area contributed by atoms with Crippen LogP contribution in [0.5, 0.6) is 0 Å². The van der Waals surface area contributed by atoms with E-state index in [2.05, 4.69) is 13.0 Å². The normalized spacial score (nSPS) is 21.7. The molecule has 0 aliphatic heterocycles. The Kier molecular flexibility index (Phi) is 4.92. The number of halogens is 1. The fraction of sp³-hybridized carbons (Fsp3) is 0.429. The van der Waals surface area contributed by atoms with Gasteiger partial charge in [0.15, 0.2) is 0 Å². The predicted molar refractivity (Wildman–Crippen MR) is 91.4 cm³/mol. The van der Waals surface area contributed by atoms with Gasteiger partial charge in [0.25, 0.3) is 0 Å². The highest BCUT2D eigenvalue weighted by Gasteiger charge is 2.23. The average molecular weight is 296 g/mol. The zero-order valence-electron chi connectivity index (χ0n) is 13.4. The number of rotatable bonds is 4. The van der Waals surface area contributed by atoms with Gasteiger partial charge >= 0.3 is 0 Å². The molecular weight excluding hydrogens is 271 g/mol. The lowest BCUT2D eigenvalue weighted by atomic mass is 9.77. The lowest BCUT2D eigenvalue weighted by Crippen LogP contribution is -2.14. The Morgan fingerprint density at radius 2 is 1.64 bits per heavy atom. The van der Waals surface area contributed by atoms with Crippen molar-refractivity contribution in [2.45, 2.75) is 51.4 Å². The minimum atomic E-state index is -0.0275. The molecule has 1 aliphatic rings. The van der Waals surface area contributed by atoms with Crippen LogP contribution in [0, 0.1) is 11.7 Å². The first-order valence-corrected chi connectivity index (χ1v) is 8.62. The van der Waals surface area contributed by atoms with Crippen molar-refractivity contribution in [2.75, 3.05) is 0 Å². The van der Waals surface area contributed by atoms with Crippen molar-refractivity contribution >= 4 is 0 Å². The lowest BCUT2D eigenvalue weighted by molar-refractivity contribution is 0.304. The Morgan fingerprint density at radius 1 is 0.909 bits per heavy atom. The molecule has 116 valence electrons. The molecule has 0 spiro atoms. The first kappa shape index (κ1) is 15.3. The van der Waals surface area contributed by atoms with Crippen molar-refractivity contribution in [1.82, 2.24) is 0 Å². The maximum absolute atomic E-state index is 14.6. The summed E-state index contributed by atoms with van der Waals surface area (Å²) in [6.07, 6.45) is 7.42. The summed E-state index contributed by atoms with van der Waals surface area (Å²) in [5, 5.41) is 0. The van der Waals surface area contributed by atoms with Gasteiger partial charge < -0.3 is 0 Å². The van der Waals surface area contributed by atoms with Crippen molar-refractivity contribution < 1.29 is 4.39 Å². The number of hydrogen-bond acceptors (Lipinski definition) is 0. The van der Waals surface area contributed by atoms with Crippen LogP contribution in [0.3, 0.4) is 0 Å². The highest BCUT2D eigenvalue weighted by molar-refractivity contribution is 5.63. The van der Waals surface area contributed by atoms with Crippen LogP contribution in [0.1, 0.15) is 56.9 Å². The van der Waals surface area contributed by atoms with Gasteiger partial charge in [-0.25, -0.2) is 4.39 Å². The van der Waals surface area contributed by atoms with Gasteiger partial charge in [0.1, 0.15) is 5.82 Å². The minimum Gasteiger partial charge on any atom is -0.207 e. The third kappa shape index (κ3) is 3.40. The van der Waals surface area contributed by atoms with E-state index in [4.69, 9.17) is 0 Å². The molecule has 0 amide bonds. The van der Waals surface area contributed by atoms with Crippen LogP contribution < -0.4 is 0 Å². The SMILES string of the molecule is CCCC1CCC(c2ccc(-c3ccccc3)cc2F)CC1. The molecule has 22 heavy (non-hydrogen) atoms. The van der Waals surface area contributed by atoms with Crippen LogP contribution in [0.4, 0.5) is 4.39 Å². The second-order valence-electron chi connectivity index (χ2n) is 6.61. The minimum absolute atomic E-state index is 0.0275. The Hall–Kier alpha value is -1.63. The Balaban J connectivity index is 1.73. The van der Waals surface area contributed by atoms with E-state index in [-0.39, 0.29) is 5.82 Å². The van der Waals surface area contributed by atoms with E-state index < -0.39 is 0 Å². The first-order chi connectivity index (χ1) is 10.8. The molecule has 1 heteroatoms. The van der Waals surface area contributed by atoms with Crippen molar-refractivity contribution in [1.29, 1.82) is 0 Å². The average Bonchev–Trinajstić information content (AvgIpc) is 2.57. The Labute approximate surface area is 133 Å². The highest BCUT2D eigenvalue weighted by Crippen LogP contribution is 2.39. The summed E-state index contributed by atoms with van der Waals surface area (Å²) in [7, 11) is 0. The van der Waals surface area contributed by atoms with Crippen molar-refractivity contribution in [2.24, 2.45) is 5.92 Å². The van der Waals surface area contributed by atoms with E-state index in [1.165, 1.54) is 25.7 Å². The molecule has 1 saturated carbocycles. The summed E-state index contributed by atoms with van der Waals surface area (Å²) in [6.45, 7) is 2.26. The molecule has 2 aromatic rings. The van der Waals surface area contributed by atoms with Gasteiger partial charge in [-0.3, -0.25) is 0 Å². The molecule has 0 unspecified atom stereocenters. The van der Waals surface area contributed by atoms with E-state index >= 15 is 0 Å². The van der Waals surface area contributed by atoms with Crippen LogP contribution in [0.25, 0.3) is 11.1 Å². The molecule has 0 nitrogen and oxygen atoms in total. The zero-order chi connectivity index (χ0) is 15.4. The maximum atomic E-state index is 14.6. The van der Waals surface area contributed by atoms with Crippen LogP contribution in [0.15, 0.2) is 48.5 Å². The topological polar surface area (TPSA) is 0 Å². The Morgan fingerprint density at radius 3 is 2.27 bits per heavy atom. The summed E-state index contributed by atoms with van der Waals surface area (Å²) in [6, 6.07) is 15.8. The summed E-state index contributed by atoms with van der Waals surface area (Å²) >= 11 is 0. The Bertz CT molecular complexity index is 595. The molecule has 1 fully saturated rings. The van der Waals surface area contributed by atoms with Gasteiger partial charge in [-0.15, -0.1) is 0 Å². The second-order valence-corrected chi connectivity index (χ2v) is 6.61. The predicted octanol–water partition coefficient (Wildman–Crippen LogP) is 6.57. The van der Waals surface area contributed by atoms with E-state index in [1.54, 1.807) is 6.07 Å². The molecule has 2 aromatic carbocycles. The van der Waals surface area contributed by atoms with Gasteiger partial charge in [0.05, 0.1) is 0 Å². The van der Waals surface area contributed by atoms with Crippen molar-refractivity contribution in [3.8, 4) is 11.1 Å². The second kappa shape index (κ2) is 7.09. The van der Waals surface area contributed by atoms with Crippen molar-refractivity contribution in [3.05, 3.63) is 59.9 Å². The quantitative estimate of drug-likeness (QED) is 0.598. The van der Waals surface area contributed by atoms with Gasteiger partial charge in [-0.05, 0) is 60.3 Å². The molecule has 0 aromatic heterocycles. The largest absolute Gasteiger partial charge is 0.207 e. The fourth-order valence-electron chi connectivity index (χ4n) is 3.84. The lowest BCUT2D eigenvalue weighted by Gasteiger charge is -2.29. The number of hydrogen-bond donors (Lipinski definition) is 0. The molecule has 0 bridgehead atoms. The van der Waals surface area contributed by atoms with E-state index in [9.17, 15) is 4.39 Å². The molecule has 0 atom stereocenters. The number of benzene rings is 2. The van der Waals surface area contributed by atoms with E-state index in [0.29, 0.717) is 5.92 Å².